The van der Waals surface area contributed by atoms with Gasteiger partial charge in [0.25, 0.3) is 0 Å². The molecular formula is C9H14N2O4. The van der Waals surface area contributed by atoms with E-state index in [0.717, 1.165) is 0 Å². The fourth-order valence-electron chi connectivity index (χ4n) is 1.41. The van der Waals surface area contributed by atoms with Crippen LogP contribution in [-0.4, -0.2) is 37.2 Å². The maximum atomic E-state index is 10.3. The molecule has 6 nitrogen and oxygen atoms in total. The Morgan fingerprint density at radius 3 is 2.60 bits per heavy atom. The van der Waals surface area contributed by atoms with Crippen molar-refractivity contribution in [1.82, 2.24) is 9.78 Å². The maximum Gasteiger partial charge on any atom is 0.306 e. The average molecular weight is 214 g/mol. The van der Waals surface area contributed by atoms with Crippen LogP contribution in [0.15, 0.2) is 6.20 Å². The molecule has 15 heavy (non-hydrogen) atoms. The molecule has 0 radical (unpaired) electrons. The molecular weight excluding hydrogens is 200 g/mol. The highest BCUT2D eigenvalue weighted by atomic mass is 16.4. The number of aliphatic carboxylic acids is 1. The van der Waals surface area contributed by atoms with E-state index in [0.29, 0.717) is 11.3 Å². The zero-order valence-corrected chi connectivity index (χ0v) is 8.58. The molecule has 2 atom stereocenters. The lowest BCUT2D eigenvalue weighted by Crippen LogP contribution is -2.22. The minimum atomic E-state index is -1.31. The molecule has 0 aliphatic rings. The van der Waals surface area contributed by atoms with Crippen molar-refractivity contribution in [1.29, 1.82) is 0 Å². The maximum absolute atomic E-state index is 10.3. The van der Waals surface area contributed by atoms with E-state index in [-0.39, 0.29) is 0 Å². The van der Waals surface area contributed by atoms with Gasteiger partial charge in [-0.25, -0.2) is 0 Å². The van der Waals surface area contributed by atoms with Gasteiger partial charge in [-0.05, 0) is 6.92 Å². The number of aliphatic hydroxyl groups excluding tert-OH is 2. The lowest BCUT2D eigenvalue weighted by atomic mass is 10.0. The van der Waals surface area contributed by atoms with E-state index in [1.165, 1.54) is 4.68 Å². The molecule has 0 fully saturated rings. The van der Waals surface area contributed by atoms with Crippen molar-refractivity contribution in [2.24, 2.45) is 7.05 Å². The Labute approximate surface area is 86.8 Å². The second kappa shape index (κ2) is 4.41. The van der Waals surface area contributed by atoms with Gasteiger partial charge >= 0.3 is 5.97 Å². The third kappa shape index (κ3) is 2.77. The van der Waals surface area contributed by atoms with Gasteiger partial charge < -0.3 is 15.3 Å². The summed E-state index contributed by atoms with van der Waals surface area (Å²) in [6.45, 7) is 1.69. The van der Waals surface area contributed by atoms with Gasteiger partial charge in [-0.15, -0.1) is 0 Å². The van der Waals surface area contributed by atoms with Crippen LogP contribution in [0, 0.1) is 6.92 Å². The van der Waals surface area contributed by atoms with Crippen LogP contribution in [-0.2, 0) is 11.8 Å². The van der Waals surface area contributed by atoms with E-state index in [9.17, 15) is 15.0 Å². The predicted octanol–water partition coefficient (Wildman–Crippen LogP) is -0.402. The molecule has 0 aliphatic heterocycles. The first kappa shape index (κ1) is 11.7. The number of aromatic nitrogens is 2. The summed E-state index contributed by atoms with van der Waals surface area (Å²) in [4.78, 5) is 10.3. The number of rotatable bonds is 4. The lowest BCUT2D eigenvalue weighted by molar-refractivity contribution is -0.141. The number of nitrogens with zero attached hydrogens (tertiary/aromatic N) is 2. The highest BCUT2D eigenvalue weighted by Gasteiger charge is 2.23. The van der Waals surface area contributed by atoms with Crippen molar-refractivity contribution >= 4 is 5.97 Å². The third-order valence-electron chi connectivity index (χ3n) is 2.12. The van der Waals surface area contributed by atoms with Gasteiger partial charge in [0, 0.05) is 18.8 Å². The number of hydrogen-bond donors (Lipinski definition) is 3. The monoisotopic (exact) mass is 214 g/mol. The molecule has 1 heterocycles. The Kier molecular flexibility index (Phi) is 3.43. The highest BCUT2D eigenvalue weighted by molar-refractivity contribution is 5.67. The zero-order valence-electron chi connectivity index (χ0n) is 8.58. The Morgan fingerprint density at radius 1 is 1.60 bits per heavy atom. The Morgan fingerprint density at radius 2 is 2.20 bits per heavy atom. The third-order valence-corrected chi connectivity index (χ3v) is 2.12. The van der Waals surface area contributed by atoms with Crippen molar-refractivity contribution in [3.8, 4) is 0 Å². The van der Waals surface area contributed by atoms with Crippen LogP contribution in [0.25, 0.3) is 0 Å². The minimum Gasteiger partial charge on any atom is -0.481 e. The molecule has 0 aliphatic carbocycles. The molecule has 0 bridgehead atoms. The van der Waals surface area contributed by atoms with Crippen LogP contribution in [0.1, 0.15) is 23.8 Å². The molecule has 1 rings (SSSR count). The SMILES string of the molecule is Cc1nn(C)cc1C(O)C(O)CC(=O)O. The minimum absolute atomic E-state index is 0.450. The first-order chi connectivity index (χ1) is 6.91. The van der Waals surface area contributed by atoms with Crippen molar-refractivity contribution in [3.63, 3.8) is 0 Å². The van der Waals surface area contributed by atoms with Crippen LogP contribution in [0.4, 0.5) is 0 Å². The van der Waals surface area contributed by atoms with Crippen LogP contribution in [0.5, 0.6) is 0 Å². The largest absolute Gasteiger partial charge is 0.481 e. The van der Waals surface area contributed by atoms with Crippen LogP contribution in [0.3, 0.4) is 0 Å². The fraction of sp³-hybridized carbons (Fsp3) is 0.556. The standard InChI is InChI=1S/C9H14N2O4/c1-5-6(4-11(2)10-5)9(15)7(12)3-8(13)14/h4,7,9,12,15H,3H2,1-2H3,(H,13,14). The number of hydrogen-bond acceptors (Lipinski definition) is 4. The second-order valence-corrected chi connectivity index (χ2v) is 3.45. The highest BCUT2D eigenvalue weighted by Crippen LogP contribution is 2.21. The van der Waals surface area contributed by atoms with Gasteiger partial charge in [0.15, 0.2) is 0 Å². The predicted molar refractivity (Wildman–Crippen MR) is 51.2 cm³/mol. The van der Waals surface area contributed by atoms with E-state index in [1.807, 2.05) is 0 Å². The Hall–Kier alpha value is -1.40. The van der Waals surface area contributed by atoms with Crippen molar-refractivity contribution in [3.05, 3.63) is 17.5 Å². The summed E-state index contributed by atoms with van der Waals surface area (Å²) in [5.41, 5.74) is 1.03. The second-order valence-electron chi connectivity index (χ2n) is 3.45. The normalized spacial score (nSPS) is 14.9. The van der Waals surface area contributed by atoms with E-state index < -0.39 is 24.6 Å². The van der Waals surface area contributed by atoms with Gasteiger partial charge in [-0.2, -0.15) is 5.10 Å². The molecule has 0 saturated carbocycles. The first-order valence-corrected chi connectivity index (χ1v) is 4.50. The van der Waals surface area contributed by atoms with Gasteiger partial charge in [0.2, 0.25) is 0 Å². The first-order valence-electron chi connectivity index (χ1n) is 4.50. The number of aryl methyl sites for hydroxylation is 2. The summed E-state index contributed by atoms with van der Waals surface area (Å²) < 4.78 is 1.50. The molecule has 3 N–H and O–H groups in total. The number of carboxylic acid groups (broad SMARTS) is 1. The van der Waals surface area contributed by atoms with Crippen LogP contribution >= 0.6 is 0 Å². The topological polar surface area (TPSA) is 95.6 Å². The summed E-state index contributed by atoms with van der Waals surface area (Å²) >= 11 is 0. The van der Waals surface area contributed by atoms with Crippen molar-refractivity contribution in [2.75, 3.05) is 0 Å². The van der Waals surface area contributed by atoms with E-state index in [1.54, 1.807) is 20.2 Å². The fourth-order valence-corrected chi connectivity index (χ4v) is 1.41. The number of carbonyl (C=O) groups is 1. The van der Waals surface area contributed by atoms with Gasteiger partial charge in [0.05, 0.1) is 18.2 Å². The smallest absolute Gasteiger partial charge is 0.306 e. The van der Waals surface area contributed by atoms with Crippen LogP contribution < -0.4 is 0 Å². The van der Waals surface area contributed by atoms with Gasteiger partial charge in [-0.1, -0.05) is 0 Å². The molecule has 1 aromatic heterocycles. The lowest BCUT2D eigenvalue weighted by Gasteiger charge is -2.15. The average Bonchev–Trinajstić information content (AvgIpc) is 2.42. The summed E-state index contributed by atoms with van der Waals surface area (Å²) in [5.74, 6) is -1.15. The van der Waals surface area contributed by atoms with Gasteiger partial charge in [-0.3, -0.25) is 9.48 Å². The van der Waals surface area contributed by atoms with Crippen LogP contribution in [0.2, 0.25) is 0 Å². The number of carboxylic acids is 1. The molecule has 1 aromatic rings. The molecule has 84 valence electrons. The Bertz CT molecular complexity index is 361. The summed E-state index contributed by atoms with van der Waals surface area (Å²) in [6.07, 6.45) is -1.46. The van der Waals surface area contributed by atoms with Crippen molar-refractivity contribution in [2.45, 2.75) is 25.6 Å². The molecule has 6 heteroatoms. The van der Waals surface area contributed by atoms with Gasteiger partial charge in [0.1, 0.15) is 6.10 Å². The Balaban J connectivity index is 2.79. The molecule has 0 amide bonds. The van der Waals surface area contributed by atoms with Crippen molar-refractivity contribution < 1.29 is 20.1 Å². The molecule has 0 spiro atoms. The van der Waals surface area contributed by atoms with E-state index >= 15 is 0 Å². The quantitative estimate of drug-likeness (QED) is 0.633. The van der Waals surface area contributed by atoms with E-state index in [4.69, 9.17) is 5.11 Å². The molecule has 0 aromatic carbocycles. The number of aliphatic hydroxyl groups is 2. The summed E-state index contributed by atoms with van der Waals surface area (Å²) in [5, 5.41) is 31.5. The summed E-state index contributed by atoms with van der Waals surface area (Å²) in [7, 11) is 1.69. The molecule has 2 unspecified atom stereocenters. The molecule has 0 saturated heterocycles. The zero-order chi connectivity index (χ0) is 11.6. The summed E-state index contributed by atoms with van der Waals surface area (Å²) in [6, 6.07) is 0. The van der Waals surface area contributed by atoms with E-state index in [2.05, 4.69) is 5.10 Å².